The molecule has 0 spiro atoms. The molecule has 0 amide bonds. The molecule has 16 heavy (non-hydrogen) atoms. The van der Waals surface area contributed by atoms with Crippen LogP contribution in [-0.4, -0.2) is 30.9 Å². The van der Waals surface area contributed by atoms with Crippen LogP contribution in [0.1, 0.15) is 19.4 Å². The minimum Gasteiger partial charge on any atom is -0.496 e. The number of para-hydroxylation sites is 1. The highest BCUT2D eigenvalue weighted by Crippen LogP contribution is 2.17. The molecule has 0 aliphatic carbocycles. The predicted octanol–water partition coefficient (Wildman–Crippen LogP) is 1.60. The highest BCUT2D eigenvalue weighted by Gasteiger charge is 2.10. The molecule has 1 aromatic carbocycles. The molecule has 0 fully saturated rings. The molecule has 0 aromatic heterocycles. The first-order chi connectivity index (χ1) is 7.53. The van der Waals surface area contributed by atoms with Crippen LogP contribution in [0, 0.1) is 0 Å². The van der Waals surface area contributed by atoms with Crippen molar-refractivity contribution in [3.63, 3.8) is 0 Å². The first-order valence-corrected chi connectivity index (χ1v) is 5.58. The summed E-state index contributed by atoms with van der Waals surface area (Å²) in [7, 11) is 1.68. The van der Waals surface area contributed by atoms with Gasteiger partial charge in [0.25, 0.3) is 0 Å². The first-order valence-electron chi connectivity index (χ1n) is 5.58. The van der Waals surface area contributed by atoms with Gasteiger partial charge in [-0.3, -0.25) is 0 Å². The van der Waals surface area contributed by atoms with E-state index in [9.17, 15) is 5.11 Å². The zero-order valence-electron chi connectivity index (χ0n) is 10.3. The molecule has 90 valence electrons. The zero-order valence-corrected chi connectivity index (χ0v) is 10.3. The van der Waals surface area contributed by atoms with E-state index < -0.39 is 5.60 Å². The van der Waals surface area contributed by atoms with E-state index in [0.717, 1.165) is 18.7 Å². The summed E-state index contributed by atoms with van der Waals surface area (Å²) < 4.78 is 5.27. The van der Waals surface area contributed by atoms with E-state index in [1.54, 1.807) is 21.0 Å². The molecular weight excluding hydrogens is 202 g/mol. The Hall–Kier alpha value is -1.06. The van der Waals surface area contributed by atoms with Gasteiger partial charge in [-0.2, -0.15) is 0 Å². The van der Waals surface area contributed by atoms with Crippen molar-refractivity contribution >= 4 is 0 Å². The number of methoxy groups -OCH3 is 1. The fraction of sp³-hybridized carbons (Fsp3) is 0.538. The largest absolute Gasteiger partial charge is 0.496 e. The van der Waals surface area contributed by atoms with Gasteiger partial charge < -0.3 is 15.2 Å². The van der Waals surface area contributed by atoms with Crippen molar-refractivity contribution < 1.29 is 9.84 Å². The Kier molecular flexibility index (Phi) is 4.77. The molecule has 0 unspecified atom stereocenters. The quantitative estimate of drug-likeness (QED) is 0.720. The van der Waals surface area contributed by atoms with Gasteiger partial charge in [0.15, 0.2) is 0 Å². The number of hydrogen-bond acceptors (Lipinski definition) is 3. The third-order valence-corrected chi connectivity index (χ3v) is 2.32. The molecule has 0 aliphatic rings. The van der Waals surface area contributed by atoms with Crippen LogP contribution in [0.2, 0.25) is 0 Å². The second-order valence-electron chi connectivity index (χ2n) is 4.55. The van der Waals surface area contributed by atoms with Crippen molar-refractivity contribution in [2.75, 3.05) is 20.2 Å². The normalized spacial score (nSPS) is 11.5. The molecule has 3 nitrogen and oxygen atoms in total. The van der Waals surface area contributed by atoms with Crippen LogP contribution in [0.5, 0.6) is 5.75 Å². The lowest BCUT2D eigenvalue weighted by molar-refractivity contribution is 0.0801. The van der Waals surface area contributed by atoms with E-state index in [0.29, 0.717) is 6.54 Å². The van der Waals surface area contributed by atoms with Crippen molar-refractivity contribution in [1.82, 2.24) is 5.32 Å². The van der Waals surface area contributed by atoms with Gasteiger partial charge in [0.05, 0.1) is 12.7 Å². The lowest BCUT2D eigenvalue weighted by Crippen LogP contribution is -2.35. The highest BCUT2D eigenvalue weighted by atomic mass is 16.5. The van der Waals surface area contributed by atoms with Gasteiger partial charge in [-0.25, -0.2) is 0 Å². The summed E-state index contributed by atoms with van der Waals surface area (Å²) >= 11 is 0. The molecule has 0 bridgehead atoms. The standard InChI is InChI=1S/C13H21NO2/c1-13(2,15)10-14-9-8-11-6-4-5-7-12(11)16-3/h4-7,14-15H,8-10H2,1-3H3. The van der Waals surface area contributed by atoms with Crippen molar-refractivity contribution in [1.29, 1.82) is 0 Å². The minimum atomic E-state index is -0.652. The molecule has 0 saturated heterocycles. The van der Waals surface area contributed by atoms with Crippen LogP contribution in [-0.2, 0) is 6.42 Å². The van der Waals surface area contributed by atoms with Gasteiger partial charge in [-0.1, -0.05) is 18.2 Å². The number of ether oxygens (including phenoxy) is 1. The third kappa shape index (κ3) is 4.64. The molecule has 1 aromatic rings. The van der Waals surface area contributed by atoms with Crippen molar-refractivity contribution in [2.24, 2.45) is 0 Å². The van der Waals surface area contributed by atoms with E-state index in [1.807, 2.05) is 18.2 Å². The Morgan fingerprint density at radius 3 is 2.62 bits per heavy atom. The lowest BCUT2D eigenvalue weighted by atomic mass is 10.1. The maximum atomic E-state index is 9.53. The summed E-state index contributed by atoms with van der Waals surface area (Å²) in [5.41, 5.74) is 0.536. The van der Waals surface area contributed by atoms with Crippen LogP contribution in [0.15, 0.2) is 24.3 Å². The smallest absolute Gasteiger partial charge is 0.122 e. The van der Waals surface area contributed by atoms with Gasteiger partial charge in [0.2, 0.25) is 0 Å². The van der Waals surface area contributed by atoms with Crippen molar-refractivity contribution in [3.8, 4) is 5.75 Å². The summed E-state index contributed by atoms with van der Waals surface area (Å²) in [5.74, 6) is 0.924. The summed E-state index contributed by atoms with van der Waals surface area (Å²) in [4.78, 5) is 0. The fourth-order valence-corrected chi connectivity index (χ4v) is 1.53. The third-order valence-electron chi connectivity index (χ3n) is 2.32. The molecule has 0 aliphatic heterocycles. The van der Waals surface area contributed by atoms with Gasteiger partial charge >= 0.3 is 0 Å². The van der Waals surface area contributed by atoms with Crippen LogP contribution in [0.25, 0.3) is 0 Å². The van der Waals surface area contributed by atoms with E-state index in [1.165, 1.54) is 5.56 Å². The lowest BCUT2D eigenvalue weighted by Gasteiger charge is -2.17. The number of hydrogen-bond donors (Lipinski definition) is 2. The van der Waals surface area contributed by atoms with Gasteiger partial charge in [0.1, 0.15) is 5.75 Å². The van der Waals surface area contributed by atoms with Crippen molar-refractivity contribution in [3.05, 3.63) is 29.8 Å². The topological polar surface area (TPSA) is 41.5 Å². The molecule has 2 N–H and O–H groups in total. The molecular formula is C13H21NO2. The summed E-state index contributed by atoms with van der Waals surface area (Å²) in [5, 5.41) is 12.7. The number of aliphatic hydroxyl groups is 1. The van der Waals surface area contributed by atoms with E-state index in [2.05, 4.69) is 11.4 Å². The number of nitrogens with one attached hydrogen (secondary N) is 1. The van der Waals surface area contributed by atoms with Crippen LogP contribution >= 0.6 is 0 Å². The number of rotatable bonds is 6. The Bertz CT molecular complexity index is 318. The Morgan fingerprint density at radius 2 is 2.00 bits per heavy atom. The summed E-state index contributed by atoms with van der Waals surface area (Å²) in [6.07, 6.45) is 0.903. The SMILES string of the molecule is COc1ccccc1CCNCC(C)(C)O. The van der Waals surface area contributed by atoms with Crippen LogP contribution in [0.3, 0.4) is 0 Å². The monoisotopic (exact) mass is 223 g/mol. The second kappa shape index (κ2) is 5.87. The number of benzene rings is 1. The average molecular weight is 223 g/mol. The fourth-order valence-electron chi connectivity index (χ4n) is 1.53. The van der Waals surface area contributed by atoms with E-state index >= 15 is 0 Å². The Balaban J connectivity index is 2.37. The predicted molar refractivity (Wildman–Crippen MR) is 65.9 cm³/mol. The maximum absolute atomic E-state index is 9.53. The highest BCUT2D eigenvalue weighted by molar-refractivity contribution is 5.33. The van der Waals surface area contributed by atoms with Gasteiger partial charge in [-0.05, 0) is 38.4 Å². The van der Waals surface area contributed by atoms with Gasteiger partial charge in [-0.15, -0.1) is 0 Å². The summed E-state index contributed by atoms with van der Waals surface area (Å²) in [6.45, 7) is 5.03. The maximum Gasteiger partial charge on any atom is 0.122 e. The van der Waals surface area contributed by atoms with Crippen LogP contribution < -0.4 is 10.1 Å². The Morgan fingerprint density at radius 1 is 1.31 bits per heavy atom. The minimum absolute atomic E-state index is 0.599. The van der Waals surface area contributed by atoms with Crippen LogP contribution in [0.4, 0.5) is 0 Å². The van der Waals surface area contributed by atoms with Gasteiger partial charge in [0, 0.05) is 6.54 Å². The van der Waals surface area contributed by atoms with Crippen molar-refractivity contribution in [2.45, 2.75) is 25.9 Å². The van der Waals surface area contributed by atoms with E-state index in [-0.39, 0.29) is 0 Å². The zero-order chi connectivity index (χ0) is 12.0. The molecule has 0 saturated carbocycles. The molecule has 0 radical (unpaired) electrons. The first kappa shape index (κ1) is 13.0. The molecule has 0 atom stereocenters. The second-order valence-corrected chi connectivity index (χ2v) is 4.55. The molecule has 3 heteroatoms. The molecule has 1 rings (SSSR count). The molecule has 0 heterocycles. The average Bonchev–Trinajstić information content (AvgIpc) is 2.23. The Labute approximate surface area is 97.4 Å². The van der Waals surface area contributed by atoms with E-state index in [4.69, 9.17) is 4.74 Å². The summed E-state index contributed by atoms with van der Waals surface area (Å²) in [6, 6.07) is 8.00.